The van der Waals surface area contributed by atoms with Crippen LogP contribution in [0.1, 0.15) is 4.88 Å². The Morgan fingerprint density at radius 3 is 2.58 bits per heavy atom. The summed E-state index contributed by atoms with van der Waals surface area (Å²) in [5.74, 6) is 1.10. The third-order valence-corrected chi connectivity index (χ3v) is 3.50. The van der Waals surface area contributed by atoms with E-state index >= 15 is 0 Å². The zero-order chi connectivity index (χ0) is 14.5. The molecule has 1 heterocycles. The van der Waals surface area contributed by atoms with Gasteiger partial charge in [0.25, 0.3) is 0 Å². The topological polar surface area (TPSA) is 47.3 Å². The summed E-state index contributed by atoms with van der Waals surface area (Å²) in [6, 6.07) is 3.01. The first kappa shape index (κ1) is 16.6. The molecule has 0 aliphatic heterocycles. The van der Waals surface area contributed by atoms with Crippen molar-refractivity contribution >= 4 is 22.9 Å². The van der Waals surface area contributed by atoms with Crippen LogP contribution in [-0.2, 0) is 11.2 Å². The second-order valence-corrected chi connectivity index (χ2v) is 5.65. The SMILES string of the molecule is NNC(COCC(F)(F)C(F)F)Cc1ccc(Cl)s1. The van der Waals surface area contributed by atoms with E-state index in [0.717, 1.165) is 4.88 Å². The maximum absolute atomic E-state index is 12.6. The Balaban J connectivity index is 2.37. The highest BCUT2D eigenvalue weighted by atomic mass is 35.5. The molecule has 0 bridgehead atoms. The molecule has 0 spiro atoms. The Morgan fingerprint density at radius 1 is 1.42 bits per heavy atom. The second kappa shape index (κ2) is 7.39. The van der Waals surface area contributed by atoms with Crippen molar-refractivity contribution in [2.45, 2.75) is 24.8 Å². The first-order valence-corrected chi connectivity index (χ1v) is 6.48. The van der Waals surface area contributed by atoms with Gasteiger partial charge in [0.15, 0.2) is 0 Å². The van der Waals surface area contributed by atoms with Gasteiger partial charge in [-0.25, -0.2) is 8.78 Å². The van der Waals surface area contributed by atoms with Crippen LogP contribution in [0, 0.1) is 0 Å². The smallest absolute Gasteiger partial charge is 0.330 e. The number of hydrogen-bond acceptors (Lipinski definition) is 4. The molecule has 1 aromatic rings. The monoisotopic (exact) mass is 320 g/mol. The van der Waals surface area contributed by atoms with E-state index in [1.807, 2.05) is 0 Å². The lowest BCUT2D eigenvalue weighted by molar-refractivity contribution is -0.167. The average molecular weight is 321 g/mol. The van der Waals surface area contributed by atoms with Gasteiger partial charge in [0.1, 0.15) is 6.61 Å². The van der Waals surface area contributed by atoms with E-state index in [4.69, 9.17) is 17.4 Å². The minimum atomic E-state index is -4.15. The minimum absolute atomic E-state index is 0.200. The molecule has 0 fully saturated rings. The molecule has 3 N–H and O–H groups in total. The molecule has 0 aromatic carbocycles. The van der Waals surface area contributed by atoms with Crippen molar-refractivity contribution in [1.29, 1.82) is 0 Å². The Labute approximate surface area is 116 Å². The number of halogens is 5. The summed E-state index contributed by atoms with van der Waals surface area (Å²) in [6.07, 6.45) is -3.33. The standard InChI is InChI=1S/C10H13ClF4N2OS/c11-8-2-1-7(19-8)3-6(17-16)4-18-5-10(14,15)9(12)13/h1-2,6,9,17H,3-5,16H2. The van der Waals surface area contributed by atoms with Crippen molar-refractivity contribution in [1.82, 2.24) is 5.43 Å². The minimum Gasteiger partial charge on any atom is -0.373 e. The molecule has 0 saturated heterocycles. The number of hydrazine groups is 1. The molecule has 3 nitrogen and oxygen atoms in total. The molecule has 1 rings (SSSR count). The van der Waals surface area contributed by atoms with Crippen LogP contribution in [0.3, 0.4) is 0 Å². The Morgan fingerprint density at radius 2 is 2.11 bits per heavy atom. The quantitative estimate of drug-likeness (QED) is 0.440. The first-order valence-electron chi connectivity index (χ1n) is 5.29. The molecule has 0 saturated carbocycles. The van der Waals surface area contributed by atoms with Crippen LogP contribution in [0.15, 0.2) is 12.1 Å². The summed E-state index contributed by atoms with van der Waals surface area (Å²) in [5.41, 5.74) is 2.38. The highest BCUT2D eigenvalue weighted by Crippen LogP contribution is 2.24. The number of hydrogen-bond donors (Lipinski definition) is 2. The molecule has 0 aliphatic carbocycles. The average Bonchev–Trinajstić information content (AvgIpc) is 2.73. The third kappa shape index (κ3) is 5.62. The van der Waals surface area contributed by atoms with Gasteiger partial charge in [0.2, 0.25) is 0 Å². The lowest BCUT2D eigenvalue weighted by Gasteiger charge is -2.19. The summed E-state index contributed by atoms with van der Waals surface area (Å²) < 4.78 is 54.1. The van der Waals surface area contributed by atoms with Crippen molar-refractivity contribution in [3.8, 4) is 0 Å². The number of alkyl halides is 4. The van der Waals surface area contributed by atoms with Crippen LogP contribution in [0.4, 0.5) is 17.6 Å². The molecule has 1 unspecified atom stereocenters. The maximum atomic E-state index is 12.6. The van der Waals surface area contributed by atoms with Gasteiger partial charge < -0.3 is 4.74 Å². The van der Waals surface area contributed by atoms with Crippen LogP contribution in [0.2, 0.25) is 4.34 Å². The highest BCUT2D eigenvalue weighted by Gasteiger charge is 2.41. The van der Waals surface area contributed by atoms with Crippen molar-refractivity contribution in [2.75, 3.05) is 13.2 Å². The van der Waals surface area contributed by atoms with Gasteiger partial charge in [-0.05, 0) is 12.1 Å². The summed E-state index contributed by atoms with van der Waals surface area (Å²) in [7, 11) is 0. The summed E-state index contributed by atoms with van der Waals surface area (Å²) in [5, 5.41) is 0. The normalized spacial score (nSPS) is 14.1. The van der Waals surface area contributed by atoms with E-state index in [2.05, 4.69) is 10.2 Å². The van der Waals surface area contributed by atoms with Gasteiger partial charge >= 0.3 is 12.3 Å². The Hall–Kier alpha value is -0.410. The van der Waals surface area contributed by atoms with E-state index in [1.54, 1.807) is 12.1 Å². The predicted molar refractivity (Wildman–Crippen MR) is 65.9 cm³/mol. The highest BCUT2D eigenvalue weighted by molar-refractivity contribution is 7.16. The van der Waals surface area contributed by atoms with Gasteiger partial charge in [0, 0.05) is 17.3 Å². The van der Waals surface area contributed by atoms with Gasteiger partial charge in [-0.1, -0.05) is 11.6 Å². The van der Waals surface area contributed by atoms with Gasteiger partial charge in [0.05, 0.1) is 10.9 Å². The Kier molecular flexibility index (Phi) is 6.48. The van der Waals surface area contributed by atoms with Crippen LogP contribution in [0.25, 0.3) is 0 Å². The summed E-state index contributed by atoms with van der Waals surface area (Å²) >= 11 is 7.06. The molecule has 0 amide bonds. The van der Waals surface area contributed by atoms with Crippen molar-refractivity contribution in [2.24, 2.45) is 5.84 Å². The van der Waals surface area contributed by atoms with Crippen LogP contribution >= 0.6 is 22.9 Å². The molecule has 9 heteroatoms. The Bertz CT molecular complexity index is 391. The van der Waals surface area contributed by atoms with Crippen molar-refractivity contribution in [3.63, 3.8) is 0 Å². The molecular weight excluding hydrogens is 308 g/mol. The fraction of sp³-hybridized carbons (Fsp3) is 0.600. The van der Waals surface area contributed by atoms with Crippen LogP contribution in [-0.4, -0.2) is 31.6 Å². The van der Waals surface area contributed by atoms with E-state index in [1.165, 1.54) is 11.3 Å². The molecule has 0 radical (unpaired) electrons. The third-order valence-electron chi connectivity index (χ3n) is 2.24. The van der Waals surface area contributed by atoms with Crippen molar-refractivity contribution in [3.05, 3.63) is 21.3 Å². The fourth-order valence-electron chi connectivity index (χ4n) is 1.27. The van der Waals surface area contributed by atoms with Gasteiger partial charge in [-0.2, -0.15) is 8.78 Å². The van der Waals surface area contributed by atoms with Crippen LogP contribution < -0.4 is 11.3 Å². The predicted octanol–water partition coefficient (Wildman–Crippen LogP) is 2.69. The fourth-order valence-corrected chi connectivity index (χ4v) is 2.44. The summed E-state index contributed by atoms with van der Waals surface area (Å²) in [4.78, 5) is 0.886. The summed E-state index contributed by atoms with van der Waals surface area (Å²) in [6.45, 7) is -1.54. The first-order chi connectivity index (χ1) is 8.85. The largest absolute Gasteiger partial charge is 0.373 e. The molecule has 1 aromatic heterocycles. The lowest BCUT2D eigenvalue weighted by atomic mass is 10.2. The molecule has 1 atom stereocenters. The second-order valence-electron chi connectivity index (χ2n) is 3.85. The maximum Gasteiger partial charge on any atom is 0.330 e. The zero-order valence-corrected chi connectivity index (χ0v) is 11.3. The number of rotatable bonds is 8. The van der Waals surface area contributed by atoms with E-state index in [-0.39, 0.29) is 6.61 Å². The number of ether oxygens (including phenoxy) is 1. The molecule has 0 aliphatic rings. The van der Waals surface area contributed by atoms with Crippen LogP contribution in [0.5, 0.6) is 0 Å². The molecule has 110 valence electrons. The zero-order valence-electron chi connectivity index (χ0n) is 9.71. The number of nitrogens with two attached hydrogens (primary N) is 1. The number of nitrogens with one attached hydrogen (secondary N) is 1. The number of thiophene rings is 1. The van der Waals surface area contributed by atoms with Crippen molar-refractivity contribution < 1.29 is 22.3 Å². The molecule has 19 heavy (non-hydrogen) atoms. The molecular formula is C10H13ClF4N2OS. The van der Waals surface area contributed by atoms with Gasteiger partial charge in [-0.3, -0.25) is 11.3 Å². The van der Waals surface area contributed by atoms with Gasteiger partial charge in [-0.15, -0.1) is 11.3 Å². The lowest BCUT2D eigenvalue weighted by Crippen LogP contribution is -2.42. The van der Waals surface area contributed by atoms with E-state index in [0.29, 0.717) is 10.8 Å². The van der Waals surface area contributed by atoms with E-state index in [9.17, 15) is 17.6 Å². The van der Waals surface area contributed by atoms with E-state index < -0.39 is 25.0 Å².